The van der Waals surface area contributed by atoms with Gasteiger partial charge in [0, 0.05) is 39.1 Å². The van der Waals surface area contributed by atoms with E-state index < -0.39 is 5.54 Å². The van der Waals surface area contributed by atoms with Crippen LogP contribution in [0.4, 0.5) is 0 Å². The Morgan fingerprint density at radius 3 is 2.15 bits per heavy atom. The maximum atomic E-state index is 14.0. The van der Waals surface area contributed by atoms with Crippen LogP contribution < -0.4 is 10.5 Å². The number of ether oxygens (including phenoxy) is 1. The third-order valence-corrected chi connectivity index (χ3v) is 9.86. The summed E-state index contributed by atoms with van der Waals surface area (Å²) < 4.78 is 5.89. The zero-order valence-electron chi connectivity index (χ0n) is 21.6. The molecule has 2 fully saturated rings. The number of halogens is 3. The average molecular weight is 607 g/mol. The van der Waals surface area contributed by atoms with Gasteiger partial charge in [0.25, 0.3) is 5.91 Å². The molecule has 0 unspecified atom stereocenters. The molecule has 206 valence electrons. The van der Waals surface area contributed by atoms with Gasteiger partial charge in [-0.2, -0.15) is 0 Å². The number of hydrogen-bond acceptors (Lipinski definition) is 5. The molecule has 5 rings (SSSR count). The summed E-state index contributed by atoms with van der Waals surface area (Å²) in [6.45, 7) is 2.61. The standard InChI is InChI=1S/C29H30Cl3N3O3S/c1-38-24-23(18-5-7-19(30)8-6-18)25(21-10-9-20(31)17-22(21)32)39-26(24)27(36)34-15-11-29(12-16-34,28(33)37)35-13-3-2-4-14-35/h5-10,17H,2-4,11-16H2,1H3,(H2,33,37). The van der Waals surface area contributed by atoms with Crippen LogP contribution in [0.25, 0.3) is 21.6 Å². The van der Waals surface area contributed by atoms with E-state index in [1.807, 2.05) is 18.2 Å². The molecule has 0 aliphatic carbocycles. The first-order valence-corrected chi connectivity index (χ1v) is 15.0. The maximum absolute atomic E-state index is 14.0. The van der Waals surface area contributed by atoms with Gasteiger partial charge in [-0.1, -0.05) is 59.4 Å². The third-order valence-electron chi connectivity index (χ3n) is 7.87. The Bertz CT molecular complexity index is 1380. The predicted octanol–water partition coefficient (Wildman–Crippen LogP) is 7.00. The van der Waals surface area contributed by atoms with Crippen LogP contribution in [-0.4, -0.2) is 60.4 Å². The predicted molar refractivity (Wildman–Crippen MR) is 159 cm³/mol. The number of methoxy groups -OCH3 is 1. The van der Waals surface area contributed by atoms with Crippen LogP contribution in [-0.2, 0) is 4.79 Å². The van der Waals surface area contributed by atoms with Crippen LogP contribution >= 0.6 is 46.1 Å². The van der Waals surface area contributed by atoms with E-state index in [4.69, 9.17) is 45.3 Å². The number of nitrogens with two attached hydrogens (primary N) is 1. The summed E-state index contributed by atoms with van der Waals surface area (Å²) in [6, 6.07) is 12.7. The molecule has 0 atom stereocenters. The summed E-state index contributed by atoms with van der Waals surface area (Å²) >= 11 is 20.3. The summed E-state index contributed by atoms with van der Waals surface area (Å²) in [6.07, 6.45) is 4.33. The molecule has 6 nitrogen and oxygen atoms in total. The van der Waals surface area contributed by atoms with Gasteiger partial charge in [-0.15, -0.1) is 11.3 Å². The number of piperidine rings is 2. The van der Waals surface area contributed by atoms with Crippen molar-refractivity contribution in [3.63, 3.8) is 0 Å². The first-order valence-electron chi connectivity index (χ1n) is 13.0. The molecule has 0 spiro atoms. The quantitative estimate of drug-likeness (QED) is 0.328. The topological polar surface area (TPSA) is 75.9 Å². The molecule has 0 saturated carbocycles. The van der Waals surface area contributed by atoms with Crippen molar-refractivity contribution < 1.29 is 14.3 Å². The van der Waals surface area contributed by atoms with Crippen LogP contribution in [0.3, 0.4) is 0 Å². The fraction of sp³-hybridized carbons (Fsp3) is 0.379. The lowest BCUT2D eigenvalue weighted by Gasteiger charge is -2.48. The summed E-state index contributed by atoms with van der Waals surface area (Å²) in [7, 11) is 1.57. The van der Waals surface area contributed by atoms with E-state index >= 15 is 0 Å². The molecule has 2 saturated heterocycles. The molecule has 39 heavy (non-hydrogen) atoms. The van der Waals surface area contributed by atoms with Gasteiger partial charge in [0.05, 0.1) is 12.1 Å². The maximum Gasteiger partial charge on any atom is 0.267 e. The van der Waals surface area contributed by atoms with Crippen LogP contribution in [0.15, 0.2) is 42.5 Å². The Labute approximate surface area is 247 Å². The first-order chi connectivity index (χ1) is 18.7. The van der Waals surface area contributed by atoms with E-state index in [1.54, 1.807) is 36.3 Å². The second-order valence-corrected chi connectivity index (χ2v) is 12.3. The zero-order chi connectivity index (χ0) is 27.7. The fourth-order valence-corrected chi connectivity index (χ4v) is 7.74. The zero-order valence-corrected chi connectivity index (χ0v) is 24.7. The molecular weight excluding hydrogens is 577 g/mol. The van der Waals surface area contributed by atoms with Crippen molar-refractivity contribution in [2.75, 3.05) is 33.3 Å². The molecule has 2 amide bonds. The second-order valence-electron chi connectivity index (χ2n) is 10.0. The lowest BCUT2D eigenvalue weighted by atomic mass is 9.83. The normalized spacial score (nSPS) is 17.7. The summed E-state index contributed by atoms with van der Waals surface area (Å²) in [5.74, 6) is 0.0473. The number of hydrogen-bond donors (Lipinski definition) is 1. The largest absolute Gasteiger partial charge is 0.494 e. The van der Waals surface area contributed by atoms with Crippen molar-refractivity contribution >= 4 is 58.0 Å². The molecule has 2 aromatic carbocycles. The number of carbonyl (C=O) groups excluding carboxylic acids is 2. The molecule has 3 aromatic rings. The Kier molecular flexibility index (Phi) is 8.45. The van der Waals surface area contributed by atoms with Crippen LogP contribution in [0.1, 0.15) is 41.8 Å². The van der Waals surface area contributed by atoms with Crippen molar-refractivity contribution in [1.29, 1.82) is 0 Å². The van der Waals surface area contributed by atoms with Gasteiger partial charge in [-0.25, -0.2) is 0 Å². The molecule has 0 radical (unpaired) electrons. The van der Waals surface area contributed by atoms with Gasteiger partial charge < -0.3 is 15.4 Å². The number of thiophene rings is 1. The number of carbonyl (C=O) groups is 2. The Hall–Kier alpha value is -2.29. The average Bonchev–Trinajstić information content (AvgIpc) is 3.32. The van der Waals surface area contributed by atoms with Crippen molar-refractivity contribution in [2.45, 2.75) is 37.6 Å². The van der Waals surface area contributed by atoms with E-state index in [0.29, 0.717) is 51.6 Å². The second kappa shape index (κ2) is 11.7. The van der Waals surface area contributed by atoms with Crippen LogP contribution in [0.5, 0.6) is 5.75 Å². The van der Waals surface area contributed by atoms with Crippen molar-refractivity contribution in [3.05, 3.63) is 62.4 Å². The SMILES string of the molecule is COc1c(C(=O)N2CCC(C(N)=O)(N3CCCCC3)CC2)sc(-c2ccc(Cl)cc2Cl)c1-c1ccc(Cl)cc1. The number of primary amides is 1. The van der Waals surface area contributed by atoms with E-state index in [2.05, 4.69) is 4.90 Å². The smallest absolute Gasteiger partial charge is 0.267 e. The third kappa shape index (κ3) is 5.40. The van der Waals surface area contributed by atoms with Gasteiger partial charge in [0.15, 0.2) is 5.75 Å². The number of nitrogens with zero attached hydrogens (tertiary/aromatic N) is 2. The number of rotatable bonds is 6. The lowest BCUT2D eigenvalue weighted by Crippen LogP contribution is -2.63. The van der Waals surface area contributed by atoms with Gasteiger partial charge in [0.1, 0.15) is 10.4 Å². The Morgan fingerprint density at radius 1 is 0.923 bits per heavy atom. The molecular formula is C29H30Cl3N3O3S. The Morgan fingerprint density at radius 2 is 1.56 bits per heavy atom. The minimum atomic E-state index is -0.701. The van der Waals surface area contributed by atoms with Gasteiger partial charge in [-0.05, 0) is 68.6 Å². The van der Waals surface area contributed by atoms with Crippen LogP contribution in [0.2, 0.25) is 15.1 Å². The first kappa shape index (κ1) is 28.2. The molecule has 0 bridgehead atoms. The number of likely N-dealkylation sites (tertiary alicyclic amines) is 2. The highest BCUT2D eigenvalue weighted by molar-refractivity contribution is 7.18. The number of amides is 2. The van der Waals surface area contributed by atoms with E-state index in [9.17, 15) is 9.59 Å². The number of benzene rings is 2. The van der Waals surface area contributed by atoms with E-state index in [1.165, 1.54) is 17.8 Å². The monoisotopic (exact) mass is 605 g/mol. The highest BCUT2D eigenvalue weighted by atomic mass is 35.5. The molecule has 10 heteroatoms. The summed E-state index contributed by atoms with van der Waals surface area (Å²) in [5.41, 5.74) is 7.64. The highest BCUT2D eigenvalue weighted by Crippen LogP contribution is 2.50. The van der Waals surface area contributed by atoms with Gasteiger partial charge >= 0.3 is 0 Å². The van der Waals surface area contributed by atoms with E-state index in [-0.39, 0.29) is 11.8 Å². The molecule has 1 aromatic heterocycles. The lowest BCUT2D eigenvalue weighted by molar-refractivity contribution is -0.134. The van der Waals surface area contributed by atoms with Crippen molar-refractivity contribution in [3.8, 4) is 27.3 Å². The van der Waals surface area contributed by atoms with Gasteiger partial charge in [0.2, 0.25) is 5.91 Å². The molecule has 2 aliphatic rings. The van der Waals surface area contributed by atoms with Crippen molar-refractivity contribution in [1.82, 2.24) is 9.80 Å². The fourth-order valence-electron chi connectivity index (χ4n) is 5.76. The molecule has 2 aliphatic heterocycles. The van der Waals surface area contributed by atoms with Crippen LogP contribution in [0, 0.1) is 0 Å². The summed E-state index contributed by atoms with van der Waals surface area (Å²) in [5, 5.41) is 1.61. The minimum Gasteiger partial charge on any atom is -0.494 e. The Balaban J connectivity index is 1.52. The summed E-state index contributed by atoms with van der Waals surface area (Å²) in [4.78, 5) is 32.0. The van der Waals surface area contributed by atoms with Crippen molar-refractivity contribution in [2.24, 2.45) is 5.73 Å². The van der Waals surface area contributed by atoms with E-state index in [0.717, 1.165) is 47.5 Å². The molecule has 3 heterocycles. The molecule has 2 N–H and O–H groups in total. The highest BCUT2D eigenvalue weighted by Gasteiger charge is 2.46. The minimum absolute atomic E-state index is 0.139. The van der Waals surface area contributed by atoms with Gasteiger partial charge in [-0.3, -0.25) is 14.5 Å².